The smallest absolute Gasteiger partial charge is 0.0234 e. The van der Waals surface area contributed by atoms with E-state index in [4.69, 9.17) is 0 Å². The first-order valence-electron chi connectivity index (χ1n) is 6.74. The van der Waals surface area contributed by atoms with E-state index in [-0.39, 0.29) is 12.4 Å². The Morgan fingerprint density at radius 3 is 2.94 bits per heavy atom. The zero-order valence-electron chi connectivity index (χ0n) is 11.1. The van der Waals surface area contributed by atoms with E-state index in [0.29, 0.717) is 5.41 Å². The molecule has 1 N–H and O–H groups in total. The van der Waals surface area contributed by atoms with E-state index in [1.165, 1.54) is 50.1 Å². The highest BCUT2D eigenvalue weighted by Gasteiger charge is 2.39. The number of hydrogen-bond donors (Lipinski definition) is 1. The number of nitrogens with one attached hydrogen (secondary N) is 1. The van der Waals surface area contributed by atoms with Crippen molar-refractivity contribution in [3.8, 4) is 0 Å². The first-order valence-corrected chi connectivity index (χ1v) is 6.74. The summed E-state index contributed by atoms with van der Waals surface area (Å²) in [4.78, 5) is 2.63. The second kappa shape index (κ2) is 5.60. The first-order chi connectivity index (χ1) is 8.26. The SMILES string of the molecule is Cc1cccc(CN2CCC3(CCNC3)C2)c1.Cl. The van der Waals surface area contributed by atoms with Crippen LogP contribution in [0.2, 0.25) is 0 Å². The maximum atomic E-state index is 3.52. The highest BCUT2D eigenvalue weighted by atomic mass is 35.5. The van der Waals surface area contributed by atoms with Gasteiger partial charge >= 0.3 is 0 Å². The molecule has 1 aromatic rings. The van der Waals surface area contributed by atoms with Gasteiger partial charge in [0.2, 0.25) is 0 Å². The van der Waals surface area contributed by atoms with Crippen LogP contribution in [0, 0.1) is 12.3 Å². The fourth-order valence-corrected chi connectivity index (χ4v) is 3.38. The second-order valence-electron chi connectivity index (χ2n) is 5.88. The highest BCUT2D eigenvalue weighted by Crippen LogP contribution is 2.36. The fourth-order valence-electron chi connectivity index (χ4n) is 3.38. The molecule has 1 aromatic carbocycles. The van der Waals surface area contributed by atoms with Crippen LogP contribution in [0.1, 0.15) is 24.0 Å². The third-order valence-electron chi connectivity index (χ3n) is 4.34. The molecule has 0 aliphatic carbocycles. The van der Waals surface area contributed by atoms with Crippen molar-refractivity contribution in [3.05, 3.63) is 35.4 Å². The van der Waals surface area contributed by atoms with E-state index in [9.17, 15) is 0 Å². The van der Waals surface area contributed by atoms with Gasteiger partial charge in [-0.2, -0.15) is 0 Å². The van der Waals surface area contributed by atoms with Gasteiger partial charge in [-0.1, -0.05) is 29.8 Å². The molecular formula is C15H23ClN2. The normalized spacial score (nSPS) is 27.6. The lowest BCUT2D eigenvalue weighted by atomic mass is 9.86. The summed E-state index contributed by atoms with van der Waals surface area (Å²) in [6.45, 7) is 8.32. The maximum absolute atomic E-state index is 3.52. The Balaban J connectivity index is 0.00000120. The van der Waals surface area contributed by atoms with Gasteiger partial charge in [-0.3, -0.25) is 4.90 Å². The van der Waals surface area contributed by atoms with Gasteiger partial charge in [-0.15, -0.1) is 12.4 Å². The Hall–Kier alpha value is -0.570. The molecule has 2 saturated heterocycles. The van der Waals surface area contributed by atoms with Gasteiger partial charge in [0.05, 0.1) is 0 Å². The van der Waals surface area contributed by atoms with Crippen molar-refractivity contribution in [3.63, 3.8) is 0 Å². The van der Waals surface area contributed by atoms with Crippen molar-refractivity contribution in [1.82, 2.24) is 10.2 Å². The Morgan fingerprint density at radius 1 is 1.33 bits per heavy atom. The van der Waals surface area contributed by atoms with E-state index in [2.05, 4.69) is 41.4 Å². The molecule has 2 nitrogen and oxygen atoms in total. The van der Waals surface area contributed by atoms with Crippen LogP contribution < -0.4 is 5.32 Å². The van der Waals surface area contributed by atoms with Crippen LogP contribution in [0.25, 0.3) is 0 Å². The molecule has 0 amide bonds. The number of hydrogen-bond acceptors (Lipinski definition) is 2. The lowest BCUT2D eigenvalue weighted by molar-refractivity contribution is 0.268. The molecule has 3 heteroatoms. The average Bonchev–Trinajstić information content (AvgIpc) is 2.90. The van der Waals surface area contributed by atoms with Crippen molar-refractivity contribution in [2.45, 2.75) is 26.3 Å². The molecule has 2 fully saturated rings. The molecular weight excluding hydrogens is 244 g/mol. The van der Waals surface area contributed by atoms with Crippen molar-refractivity contribution in [1.29, 1.82) is 0 Å². The largest absolute Gasteiger partial charge is 0.316 e. The van der Waals surface area contributed by atoms with Crippen molar-refractivity contribution in [2.24, 2.45) is 5.41 Å². The van der Waals surface area contributed by atoms with Gasteiger partial charge in [-0.25, -0.2) is 0 Å². The van der Waals surface area contributed by atoms with Gasteiger partial charge in [0, 0.05) is 19.6 Å². The predicted molar refractivity (Wildman–Crippen MR) is 78.2 cm³/mol. The number of halogens is 1. The van der Waals surface area contributed by atoms with Crippen LogP contribution in [0.3, 0.4) is 0 Å². The van der Waals surface area contributed by atoms with Crippen LogP contribution in [-0.4, -0.2) is 31.1 Å². The molecule has 0 bridgehead atoms. The molecule has 0 saturated carbocycles. The topological polar surface area (TPSA) is 15.3 Å². The maximum Gasteiger partial charge on any atom is 0.0234 e. The molecule has 3 rings (SSSR count). The number of rotatable bonds is 2. The van der Waals surface area contributed by atoms with E-state index in [1.807, 2.05) is 0 Å². The van der Waals surface area contributed by atoms with Crippen molar-refractivity contribution >= 4 is 12.4 Å². The summed E-state index contributed by atoms with van der Waals surface area (Å²) in [5.74, 6) is 0. The Bertz CT molecular complexity index is 399. The van der Waals surface area contributed by atoms with Crippen molar-refractivity contribution < 1.29 is 0 Å². The molecule has 18 heavy (non-hydrogen) atoms. The van der Waals surface area contributed by atoms with E-state index >= 15 is 0 Å². The number of aryl methyl sites for hydroxylation is 1. The lowest BCUT2D eigenvalue weighted by Gasteiger charge is -2.22. The first kappa shape index (κ1) is 13.9. The summed E-state index contributed by atoms with van der Waals surface area (Å²) in [7, 11) is 0. The van der Waals surface area contributed by atoms with Crippen LogP contribution in [0.15, 0.2) is 24.3 Å². The summed E-state index contributed by atoms with van der Waals surface area (Å²) in [5.41, 5.74) is 3.44. The van der Waals surface area contributed by atoms with Gasteiger partial charge in [0.25, 0.3) is 0 Å². The summed E-state index contributed by atoms with van der Waals surface area (Å²) >= 11 is 0. The summed E-state index contributed by atoms with van der Waals surface area (Å²) in [5, 5.41) is 3.52. The van der Waals surface area contributed by atoms with Gasteiger partial charge < -0.3 is 5.32 Å². The molecule has 2 aliphatic rings. The molecule has 1 unspecified atom stereocenters. The Labute approximate surface area is 116 Å². The van der Waals surface area contributed by atoms with E-state index in [1.54, 1.807) is 0 Å². The molecule has 2 heterocycles. The minimum atomic E-state index is 0. The lowest BCUT2D eigenvalue weighted by Crippen LogP contribution is -2.28. The van der Waals surface area contributed by atoms with Crippen molar-refractivity contribution in [2.75, 3.05) is 26.2 Å². The average molecular weight is 267 g/mol. The van der Waals surface area contributed by atoms with Crippen LogP contribution in [0.5, 0.6) is 0 Å². The monoisotopic (exact) mass is 266 g/mol. The predicted octanol–water partition coefficient (Wildman–Crippen LogP) is 2.60. The molecule has 1 atom stereocenters. The fraction of sp³-hybridized carbons (Fsp3) is 0.600. The molecule has 0 aromatic heterocycles. The number of likely N-dealkylation sites (tertiary alicyclic amines) is 1. The van der Waals surface area contributed by atoms with Gasteiger partial charge in [0.15, 0.2) is 0 Å². The van der Waals surface area contributed by atoms with Crippen LogP contribution in [-0.2, 0) is 6.54 Å². The van der Waals surface area contributed by atoms with Crippen LogP contribution >= 0.6 is 12.4 Å². The molecule has 2 aliphatic heterocycles. The number of benzene rings is 1. The molecule has 0 radical (unpaired) electrons. The zero-order chi connectivity index (χ0) is 11.7. The standard InChI is InChI=1S/C15H22N2.ClH/c1-13-3-2-4-14(9-13)10-17-8-6-15(12-17)5-7-16-11-15;/h2-4,9,16H,5-8,10-12H2,1H3;1H. The second-order valence-corrected chi connectivity index (χ2v) is 5.88. The third kappa shape index (κ3) is 2.87. The summed E-state index contributed by atoms with van der Waals surface area (Å²) in [6, 6.07) is 8.92. The van der Waals surface area contributed by atoms with E-state index < -0.39 is 0 Å². The summed E-state index contributed by atoms with van der Waals surface area (Å²) in [6.07, 6.45) is 2.75. The minimum Gasteiger partial charge on any atom is -0.316 e. The minimum absolute atomic E-state index is 0. The zero-order valence-corrected chi connectivity index (χ0v) is 11.9. The van der Waals surface area contributed by atoms with E-state index in [0.717, 1.165) is 6.54 Å². The summed E-state index contributed by atoms with van der Waals surface area (Å²) < 4.78 is 0. The molecule has 1 spiro atoms. The quantitative estimate of drug-likeness (QED) is 0.885. The number of nitrogens with zero attached hydrogens (tertiary/aromatic N) is 1. The molecule has 100 valence electrons. The Kier molecular flexibility index (Phi) is 4.31. The Morgan fingerprint density at radius 2 is 2.22 bits per heavy atom. The van der Waals surface area contributed by atoms with Gasteiger partial charge in [-0.05, 0) is 43.8 Å². The highest BCUT2D eigenvalue weighted by molar-refractivity contribution is 5.85. The third-order valence-corrected chi connectivity index (χ3v) is 4.34. The van der Waals surface area contributed by atoms with Gasteiger partial charge in [0.1, 0.15) is 0 Å². The van der Waals surface area contributed by atoms with Crippen LogP contribution in [0.4, 0.5) is 0 Å².